The molecule has 0 atom stereocenters. The SMILES string of the molecule is COc1cccc(CCNC(=O)Cc2csc(NC(=O)NC3CCCCC3)n2)c1. The molecule has 1 heterocycles. The predicted molar refractivity (Wildman–Crippen MR) is 115 cm³/mol. The maximum atomic E-state index is 12.1. The van der Waals surface area contributed by atoms with Crippen molar-refractivity contribution in [2.24, 2.45) is 0 Å². The summed E-state index contributed by atoms with van der Waals surface area (Å²) in [5.41, 5.74) is 1.76. The van der Waals surface area contributed by atoms with Gasteiger partial charge in [-0.3, -0.25) is 10.1 Å². The Balaban J connectivity index is 1.38. The van der Waals surface area contributed by atoms with Crippen LogP contribution in [0.3, 0.4) is 0 Å². The number of carbonyl (C=O) groups is 2. The number of amides is 3. The van der Waals surface area contributed by atoms with Gasteiger partial charge < -0.3 is 15.4 Å². The maximum Gasteiger partial charge on any atom is 0.321 e. The molecule has 156 valence electrons. The average Bonchev–Trinajstić information content (AvgIpc) is 3.15. The summed E-state index contributed by atoms with van der Waals surface area (Å²) >= 11 is 1.33. The molecule has 1 aliphatic rings. The molecular formula is C21H28N4O3S. The van der Waals surface area contributed by atoms with Crippen LogP contribution >= 0.6 is 11.3 Å². The number of nitrogens with zero attached hydrogens (tertiary/aromatic N) is 1. The Morgan fingerprint density at radius 1 is 1.24 bits per heavy atom. The van der Waals surface area contributed by atoms with Gasteiger partial charge in [-0.25, -0.2) is 9.78 Å². The summed E-state index contributed by atoms with van der Waals surface area (Å²) in [5.74, 6) is 0.722. The Labute approximate surface area is 175 Å². The fourth-order valence-corrected chi connectivity index (χ4v) is 4.12. The largest absolute Gasteiger partial charge is 0.497 e. The summed E-state index contributed by atoms with van der Waals surface area (Å²) in [7, 11) is 1.64. The summed E-state index contributed by atoms with van der Waals surface area (Å²) in [6.07, 6.45) is 6.57. The van der Waals surface area contributed by atoms with Gasteiger partial charge in [-0.1, -0.05) is 31.4 Å². The minimum Gasteiger partial charge on any atom is -0.497 e. The summed E-state index contributed by atoms with van der Waals surface area (Å²) < 4.78 is 5.20. The van der Waals surface area contributed by atoms with Crippen molar-refractivity contribution < 1.29 is 14.3 Å². The molecule has 0 spiro atoms. The van der Waals surface area contributed by atoms with Crippen molar-refractivity contribution in [2.45, 2.75) is 51.0 Å². The van der Waals surface area contributed by atoms with E-state index in [9.17, 15) is 9.59 Å². The van der Waals surface area contributed by atoms with Gasteiger partial charge in [-0.2, -0.15) is 0 Å². The van der Waals surface area contributed by atoms with Gasteiger partial charge >= 0.3 is 6.03 Å². The molecule has 0 bridgehead atoms. The first-order valence-electron chi connectivity index (χ1n) is 10.0. The quantitative estimate of drug-likeness (QED) is 0.614. The van der Waals surface area contributed by atoms with Gasteiger partial charge in [0.1, 0.15) is 5.75 Å². The lowest BCUT2D eigenvalue weighted by Gasteiger charge is -2.22. The topological polar surface area (TPSA) is 92.4 Å². The van der Waals surface area contributed by atoms with E-state index in [2.05, 4.69) is 20.9 Å². The second-order valence-corrected chi connectivity index (χ2v) is 8.06. The predicted octanol–water partition coefficient (Wildman–Crippen LogP) is 3.51. The van der Waals surface area contributed by atoms with Crippen LogP contribution in [0.25, 0.3) is 0 Å². The summed E-state index contributed by atoms with van der Waals surface area (Å²) in [6.45, 7) is 0.547. The van der Waals surface area contributed by atoms with E-state index in [0.717, 1.165) is 30.6 Å². The smallest absolute Gasteiger partial charge is 0.321 e. The molecule has 0 aliphatic heterocycles. The molecule has 8 heteroatoms. The Hall–Kier alpha value is -2.61. The fraction of sp³-hybridized carbons (Fsp3) is 0.476. The van der Waals surface area contributed by atoms with Crippen LogP contribution in [-0.2, 0) is 17.6 Å². The van der Waals surface area contributed by atoms with Gasteiger partial charge in [0.15, 0.2) is 5.13 Å². The van der Waals surface area contributed by atoms with Crippen molar-refractivity contribution in [3.05, 3.63) is 40.9 Å². The number of benzene rings is 1. The average molecular weight is 417 g/mol. The number of methoxy groups -OCH3 is 1. The van der Waals surface area contributed by atoms with Crippen LogP contribution in [0.5, 0.6) is 5.75 Å². The molecule has 3 amide bonds. The Morgan fingerprint density at radius 2 is 2.07 bits per heavy atom. The van der Waals surface area contributed by atoms with Crippen LogP contribution in [-0.4, -0.2) is 36.6 Å². The molecule has 0 saturated heterocycles. The summed E-state index contributed by atoms with van der Waals surface area (Å²) in [5, 5.41) is 11.0. The number of nitrogens with one attached hydrogen (secondary N) is 3. The van der Waals surface area contributed by atoms with Gasteiger partial charge in [-0.05, 0) is 37.0 Å². The number of rotatable bonds is 8. The highest BCUT2D eigenvalue weighted by molar-refractivity contribution is 7.13. The van der Waals surface area contributed by atoms with Gasteiger partial charge in [0.25, 0.3) is 0 Å². The minimum absolute atomic E-state index is 0.0867. The van der Waals surface area contributed by atoms with Gasteiger partial charge in [-0.15, -0.1) is 11.3 Å². The molecule has 1 aromatic carbocycles. The third kappa shape index (κ3) is 7.05. The zero-order valence-corrected chi connectivity index (χ0v) is 17.5. The molecule has 2 aromatic rings. The van der Waals surface area contributed by atoms with E-state index in [1.165, 1.54) is 30.6 Å². The van der Waals surface area contributed by atoms with E-state index >= 15 is 0 Å². The Bertz CT molecular complexity index is 818. The number of hydrogen-bond acceptors (Lipinski definition) is 5. The summed E-state index contributed by atoms with van der Waals surface area (Å²) in [6, 6.07) is 7.82. The summed E-state index contributed by atoms with van der Waals surface area (Å²) in [4.78, 5) is 28.6. The molecular weight excluding hydrogens is 388 g/mol. The number of thiazole rings is 1. The number of aromatic nitrogens is 1. The van der Waals surface area contributed by atoms with Crippen molar-refractivity contribution in [1.82, 2.24) is 15.6 Å². The highest BCUT2D eigenvalue weighted by Crippen LogP contribution is 2.19. The molecule has 1 fully saturated rings. The lowest BCUT2D eigenvalue weighted by atomic mass is 9.96. The van der Waals surface area contributed by atoms with E-state index < -0.39 is 0 Å². The number of hydrogen-bond donors (Lipinski definition) is 3. The van der Waals surface area contributed by atoms with Crippen LogP contribution in [0.4, 0.5) is 9.93 Å². The highest BCUT2D eigenvalue weighted by atomic mass is 32.1. The van der Waals surface area contributed by atoms with E-state index in [-0.39, 0.29) is 24.4 Å². The van der Waals surface area contributed by atoms with Crippen LogP contribution in [0, 0.1) is 0 Å². The monoisotopic (exact) mass is 416 g/mol. The standard InChI is InChI=1S/C21H28N4O3S/c1-28-18-9-5-6-15(12-18)10-11-22-19(26)13-17-14-29-21(24-17)25-20(27)23-16-7-3-2-4-8-16/h5-6,9,12,14,16H,2-4,7-8,10-11,13H2,1H3,(H,22,26)(H2,23,24,25,27). The molecule has 7 nitrogen and oxygen atoms in total. The zero-order chi connectivity index (χ0) is 20.5. The van der Waals surface area contributed by atoms with E-state index in [1.54, 1.807) is 12.5 Å². The first-order valence-corrected chi connectivity index (χ1v) is 10.9. The van der Waals surface area contributed by atoms with E-state index in [4.69, 9.17) is 4.74 Å². The Morgan fingerprint density at radius 3 is 2.86 bits per heavy atom. The van der Waals surface area contributed by atoms with Crippen molar-refractivity contribution in [3.63, 3.8) is 0 Å². The van der Waals surface area contributed by atoms with Crippen LogP contribution in [0.2, 0.25) is 0 Å². The van der Waals surface area contributed by atoms with Crippen molar-refractivity contribution in [3.8, 4) is 5.75 Å². The molecule has 3 N–H and O–H groups in total. The first kappa shape index (κ1) is 21.1. The molecule has 0 radical (unpaired) electrons. The van der Waals surface area contributed by atoms with Crippen molar-refractivity contribution in [1.29, 1.82) is 0 Å². The highest BCUT2D eigenvalue weighted by Gasteiger charge is 2.16. The lowest BCUT2D eigenvalue weighted by molar-refractivity contribution is -0.120. The molecule has 3 rings (SSSR count). The third-order valence-electron chi connectivity index (χ3n) is 4.92. The maximum absolute atomic E-state index is 12.1. The number of carbonyl (C=O) groups excluding carboxylic acids is 2. The molecule has 0 unspecified atom stereocenters. The van der Waals surface area contributed by atoms with Crippen molar-refractivity contribution in [2.75, 3.05) is 19.0 Å². The normalized spacial score (nSPS) is 14.2. The van der Waals surface area contributed by atoms with Gasteiger partial charge in [0.2, 0.25) is 5.91 Å². The second-order valence-electron chi connectivity index (χ2n) is 7.21. The van der Waals surface area contributed by atoms with Gasteiger partial charge in [0.05, 0.1) is 19.2 Å². The number of anilines is 1. The molecule has 1 aromatic heterocycles. The number of ether oxygens (including phenoxy) is 1. The molecule has 1 saturated carbocycles. The third-order valence-corrected chi connectivity index (χ3v) is 5.73. The van der Waals surface area contributed by atoms with Crippen LogP contribution in [0.15, 0.2) is 29.6 Å². The van der Waals surface area contributed by atoms with Crippen LogP contribution in [0.1, 0.15) is 43.4 Å². The van der Waals surface area contributed by atoms with E-state index in [0.29, 0.717) is 17.4 Å². The van der Waals surface area contributed by atoms with Crippen molar-refractivity contribution >= 4 is 28.4 Å². The number of urea groups is 1. The zero-order valence-electron chi connectivity index (χ0n) is 16.7. The van der Waals surface area contributed by atoms with E-state index in [1.807, 2.05) is 24.3 Å². The second kappa shape index (κ2) is 10.8. The lowest BCUT2D eigenvalue weighted by Crippen LogP contribution is -2.39. The minimum atomic E-state index is -0.222. The fourth-order valence-electron chi connectivity index (χ4n) is 3.41. The van der Waals surface area contributed by atoms with Crippen LogP contribution < -0.4 is 20.7 Å². The Kier molecular flexibility index (Phi) is 7.86. The molecule has 29 heavy (non-hydrogen) atoms. The first-order chi connectivity index (χ1) is 14.1. The molecule has 1 aliphatic carbocycles. The van der Waals surface area contributed by atoms with Gasteiger partial charge in [0, 0.05) is 18.0 Å².